The van der Waals surface area contributed by atoms with E-state index < -0.39 is 20.9 Å². The third kappa shape index (κ3) is 6.79. The third-order valence-corrected chi connectivity index (χ3v) is 9.80. The molecular formula is C30H32B3ClN4O5S. The fourth-order valence-electron chi connectivity index (χ4n) is 5.74. The van der Waals surface area contributed by atoms with Gasteiger partial charge in [0.1, 0.15) is 16.4 Å². The summed E-state index contributed by atoms with van der Waals surface area (Å²) in [7, 11) is 13.0. The molecule has 0 atom stereocenters. The lowest BCUT2D eigenvalue weighted by molar-refractivity contribution is -0.131. The van der Waals surface area contributed by atoms with Crippen LogP contribution in [-0.2, 0) is 32.7 Å². The van der Waals surface area contributed by atoms with E-state index in [0.717, 1.165) is 56.3 Å². The molecule has 5 rings (SSSR count). The summed E-state index contributed by atoms with van der Waals surface area (Å²) in [5.41, 5.74) is 1.64. The second kappa shape index (κ2) is 12.8. The van der Waals surface area contributed by atoms with Crippen LogP contribution in [0.1, 0.15) is 68.8 Å². The molecule has 2 heterocycles. The number of sulfonamides is 1. The fourth-order valence-corrected chi connectivity index (χ4v) is 7.14. The van der Waals surface area contributed by atoms with Crippen molar-refractivity contribution in [2.45, 2.75) is 87.7 Å². The first-order chi connectivity index (χ1) is 20.8. The molecule has 2 aliphatic rings. The summed E-state index contributed by atoms with van der Waals surface area (Å²) < 4.78 is 40.1. The predicted molar refractivity (Wildman–Crippen MR) is 172 cm³/mol. The predicted octanol–water partition coefficient (Wildman–Crippen LogP) is 4.98. The van der Waals surface area contributed by atoms with E-state index in [9.17, 15) is 13.2 Å². The minimum Gasteiger partial charge on any atom is -0.398 e. The molecule has 224 valence electrons. The zero-order valence-corrected chi connectivity index (χ0v) is 26.4. The van der Waals surface area contributed by atoms with Gasteiger partial charge >= 0.3 is 0 Å². The van der Waals surface area contributed by atoms with Crippen LogP contribution in [0.15, 0.2) is 56.9 Å². The highest BCUT2D eigenvalue weighted by atomic mass is 35.5. The van der Waals surface area contributed by atoms with Crippen LogP contribution in [0.5, 0.6) is 0 Å². The van der Waals surface area contributed by atoms with Gasteiger partial charge in [-0.15, -0.1) is 0 Å². The van der Waals surface area contributed by atoms with Crippen molar-refractivity contribution in [1.82, 2.24) is 10.1 Å². The molecule has 1 spiro atoms. The fraction of sp³-hybridized carbons (Fsp3) is 0.433. The van der Waals surface area contributed by atoms with E-state index in [-0.39, 0.29) is 34.0 Å². The number of nitrogens with one attached hydrogen (secondary N) is 1. The summed E-state index contributed by atoms with van der Waals surface area (Å²) in [6.45, 7) is 3.86. The number of anilines is 1. The van der Waals surface area contributed by atoms with Crippen molar-refractivity contribution in [2.75, 3.05) is 4.72 Å². The molecule has 1 aromatic heterocycles. The number of aromatic nitrogens is 1. The lowest BCUT2D eigenvalue weighted by Crippen LogP contribution is -2.40. The zero-order valence-electron chi connectivity index (χ0n) is 24.8. The van der Waals surface area contributed by atoms with Crippen LogP contribution >= 0.6 is 11.6 Å². The Kier molecular flexibility index (Phi) is 9.40. The number of aryl methyl sites for hydroxylation is 1. The standard InChI is InChI=1S/C30H32B3ClN4O5S/c1-3-4-11-25-35-29(14-7-8-15-29)28(39)38(25)17-20-12-13-22(21(16-20)18-42-30(31,32)33)23-9-5-6-10-24(23)44(40,41)37-27-26(34)19(2)43-36-27/h5-6,9-10,12-13,16H,3-4,7-8,11,14-15,17-18H2,1-2H3,(H,36,37). The van der Waals surface area contributed by atoms with E-state index in [1.54, 1.807) is 36.1 Å². The number of amidine groups is 1. The first-order valence-electron chi connectivity index (χ1n) is 14.6. The monoisotopic (exact) mass is 628 g/mol. The van der Waals surface area contributed by atoms with Crippen molar-refractivity contribution in [2.24, 2.45) is 4.99 Å². The van der Waals surface area contributed by atoms with Gasteiger partial charge in [-0.05, 0) is 54.2 Å². The number of carbonyl (C=O) groups is 1. The van der Waals surface area contributed by atoms with Gasteiger partial charge < -0.3 is 9.26 Å². The molecule has 44 heavy (non-hydrogen) atoms. The largest absolute Gasteiger partial charge is 0.398 e. The minimum atomic E-state index is -4.17. The van der Waals surface area contributed by atoms with Gasteiger partial charge in [0.05, 0.1) is 41.6 Å². The van der Waals surface area contributed by atoms with Gasteiger partial charge in [0, 0.05) is 12.0 Å². The van der Waals surface area contributed by atoms with Gasteiger partial charge in [-0.25, -0.2) is 8.42 Å². The molecule has 1 fully saturated rings. The first-order valence-corrected chi connectivity index (χ1v) is 16.5. The molecule has 1 aliphatic heterocycles. The molecular weight excluding hydrogens is 596 g/mol. The Bertz CT molecular complexity index is 1680. The van der Waals surface area contributed by atoms with Crippen molar-refractivity contribution in [3.8, 4) is 11.1 Å². The number of rotatable bonds is 12. The SMILES string of the molecule is [B]C([B])([B])OCc1cc(CN2C(=O)C3(CCCC3)N=C2CCCC)ccc1-c1ccccc1S(=O)(=O)Nc1noc(C)c1Cl. The van der Waals surface area contributed by atoms with Crippen LogP contribution in [0.4, 0.5) is 5.82 Å². The van der Waals surface area contributed by atoms with Gasteiger partial charge in [-0.3, -0.25) is 19.4 Å². The lowest BCUT2D eigenvalue weighted by atomic mass is 9.52. The number of hydrogen-bond acceptors (Lipinski definition) is 7. The number of halogens is 1. The number of aliphatic imine (C=N–C) groups is 1. The van der Waals surface area contributed by atoms with Gasteiger partial charge in [0.2, 0.25) is 5.82 Å². The number of unbranched alkanes of at least 4 members (excludes halogenated alkanes) is 1. The maximum absolute atomic E-state index is 13.7. The van der Waals surface area contributed by atoms with E-state index in [1.165, 1.54) is 6.07 Å². The van der Waals surface area contributed by atoms with Crippen LogP contribution in [0.3, 0.4) is 0 Å². The second-order valence-corrected chi connectivity index (χ2v) is 13.4. The summed E-state index contributed by atoms with van der Waals surface area (Å²) in [5.74, 6) is 1.01. The molecule has 1 saturated carbocycles. The lowest BCUT2D eigenvalue weighted by Gasteiger charge is -2.25. The molecule has 9 nitrogen and oxygen atoms in total. The highest BCUT2D eigenvalue weighted by Gasteiger charge is 2.49. The van der Waals surface area contributed by atoms with Gasteiger partial charge in [-0.2, -0.15) is 0 Å². The molecule has 2 aromatic carbocycles. The Morgan fingerprint density at radius 2 is 1.86 bits per heavy atom. The van der Waals surface area contributed by atoms with E-state index in [1.807, 2.05) is 12.1 Å². The normalized spacial score (nSPS) is 16.6. The average molecular weight is 629 g/mol. The molecule has 6 radical (unpaired) electrons. The highest BCUT2D eigenvalue weighted by molar-refractivity contribution is 7.92. The van der Waals surface area contributed by atoms with E-state index in [4.69, 9.17) is 49.4 Å². The number of ether oxygens (including phenoxy) is 1. The molecule has 1 N–H and O–H groups in total. The Balaban J connectivity index is 1.51. The summed E-state index contributed by atoms with van der Waals surface area (Å²) in [4.78, 5) is 20.5. The highest BCUT2D eigenvalue weighted by Crippen LogP contribution is 2.40. The third-order valence-electron chi connectivity index (χ3n) is 7.96. The van der Waals surface area contributed by atoms with Crippen molar-refractivity contribution >= 4 is 62.7 Å². The van der Waals surface area contributed by atoms with Crippen LogP contribution in [-0.4, -0.2) is 64.6 Å². The summed E-state index contributed by atoms with van der Waals surface area (Å²) >= 11 is 6.17. The quantitative estimate of drug-likeness (QED) is 0.283. The minimum absolute atomic E-state index is 0.0305. The Labute approximate surface area is 267 Å². The number of amides is 1. The first kappa shape index (κ1) is 32.4. The Hall–Kier alpha value is -3.02. The topological polar surface area (TPSA) is 114 Å². The maximum atomic E-state index is 13.7. The molecule has 14 heteroatoms. The summed E-state index contributed by atoms with van der Waals surface area (Å²) in [6, 6.07) is 12.0. The molecule has 1 aliphatic carbocycles. The molecule has 0 unspecified atom stereocenters. The van der Waals surface area contributed by atoms with Crippen molar-refractivity contribution < 1.29 is 22.5 Å². The zero-order chi connectivity index (χ0) is 31.7. The molecule has 1 amide bonds. The number of hydrogen-bond donors (Lipinski definition) is 1. The van der Waals surface area contributed by atoms with E-state index in [2.05, 4.69) is 16.8 Å². The van der Waals surface area contributed by atoms with Gasteiger partial charge in [0.15, 0.2) is 5.76 Å². The molecule has 0 bridgehead atoms. The van der Waals surface area contributed by atoms with Crippen molar-refractivity contribution in [1.29, 1.82) is 0 Å². The van der Waals surface area contributed by atoms with Crippen LogP contribution in [0.25, 0.3) is 11.1 Å². The number of nitrogens with zero attached hydrogens (tertiary/aromatic N) is 3. The Morgan fingerprint density at radius 1 is 1.14 bits per heavy atom. The van der Waals surface area contributed by atoms with Crippen LogP contribution in [0, 0.1) is 6.92 Å². The van der Waals surface area contributed by atoms with Crippen LogP contribution < -0.4 is 4.72 Å². The van der Waals surface area contributed by atoms with Gasteiger partial charge in [0.25, 0.3) is 15.9 Å². The van der Waals surface area contributed by atoms with E-state index in [0.29, 0.717) is 23.2 Å². The number of benzene rings is 2. The smallest absolute Gasteiger partial charge is 0.263 e. The van der Waals surface area contributed by atoms with Gasteiger partial charge in [-0.1, -0.05) is 79.3 Å². The summed E-state index contributed by atoms with van der Waals surface area (Å²) in [5, 5.41) is 1.85. The maximum Gasteiger partial charge on any atom is 0.263 e. The van der Waals surface area contributed by atoms with E-state index >= 15 is 0 Å². The second-order valence-electron chi connectivity index (χ2n) is 11.4. The average Bonchev–Trinajstić information content (AvgIpc) is 3.66. The molecule has 3 aromatic rings. The molecule has 0 saturated heterocycles. The summed E-state index contributed by atoms with van der Waals surface area (Å²) in [6.07, 6.45) is 6.14. The van der Waals surface area contributed by atoms with Crippen molar-refractivity contribution in [3.63, 3.8) is 0 Å². The van der Waals surface area contributed by atoms with Crippen LogP contribution in [0.2, 0.25) is 5.02 Å². The van der Waals surface area contributed by atoms with Crippen molar-refractivity contribution in [3.05, 3.63) is 64.4 Å². The Morgan fingerprint density at radius 3 is 2.52 bits per heavy atom. The number of carbonyl (C=O) groups excluding carboxylic acids is 1.